The van der Waals surface area contributed by atoms with E-state index in [4.69, 9.17) is 15.5 Å². The van der Waals surface area contributed by atoms with Crippen LogP contribution in [0.5, 0.6) is 0 Å². The van der Waals surface area contributed by atoms with E-state index in [9.17, 15) is 0 Å². The molecule has 20 heavy (non-hydrogen) atoms. The smallest absolute Gasteiger partial charge is 0.160 e. The monoisotopic (exact) mass is 277 g/mol. The summed E-state index contributed by atoms with van der Waals surface area (Å²) in [5.41, 5.74) is 6.78. The van der Waals surface area contributed by atoms with Crippen molar-refractivity contribution in [3.8, 4) is 0 Å². The third kappa shape index (κ3) is 3.55. The zero-order chi connectivity index (χ0) is 14.4. The van der Waals surface area contributed by atoms with Gasteiger partial charge in [0.15, 0.2) is 5.82 Å². The van der Waals surface area contributed by atoms with Crippen LogP contribution in [0.15, 0.2) is 12.3 Å². The summed E-state index contributed by atoms with van der Waals surface area (Å²) < 4.78 is 5.87. The summed E-state index contributed by atoms with van der Waals surface area (Å²) in [6.07, 6.45) is 10.6. The normalized spacial score (nSPS) is 20.4. The number of nitrogens with two attached hydrogens (primary N) is 1. The summed E-state index contributed by atoms with van der Waals surface area (Å²) in [4.78, 5) is 9.26. The van der Waals surface area contributed by atoms with Crippen molar-refractivity contribution in [2.24, 2.45) is 5.73 Å². The molecule has 0 saturated heterocycles. The second-order valence-corrected chi connectivity index (χ2v) is 5.86. The van der Waals surface area contributed by atoms with Gasteiger partial charge in [0.05, 0.1) is 0 Å². The fourth-order valence-corrected chi connectivity index (χ4v) is 2.96. The number of aromatic nitrogens is 2. The van der Waals surface area contributed by atoms with E-state index in [2.05, 4.69) is 11.9 Å². The number of rotatable bonds is 5. The molecule has 0 aliphatic heterocycles. The lowest BCUT2D eigenvalue weighted by Gasteiger charge is -2.30. The average molecular weight is 277 g/mol. The molecule has 1 aliphatic carbocycles. The molecule has 0 spiro atoms. The van der Waals surface area contributed by atoms with Crippen LogP contribution in [0.3, 0.4) is 0 Å². The van der Waals surface area contributed by atoms with Gasteiger partial charge in [0.25, 0.3) is 0 Å². The van der Waals surface area contributed by atoms with E-state index in [1.165, 1.54) is 25.7 Å². The number of hydrogen-bond acceptors (Lipinski definition) is 4. The fraction of sp³-hybridized carbons (Fsp3) is 0.750. The predicted molar refractivity (Wildman–Crippen MR) is 80.4 cm³/mol. The number of hydrogen-bond donors (Lipinski definition) is 1. The molecular formula is C16H27N3O. The Morgan fingerprint density at radius 3 is 2.60 bits per heavy atom. The van der Waals surface area contributed by atoms with Gasteiger partial charge in [-0.2, -0.15) is 0 Å². The second-order valence-electron chi connectivity index (χ2n) is 5.86. The molecule has 1 aliphatic rings. The topological polar surface area (TPSA) is 61.0 Å². The molecule has 0 radical (unpaired) electrons. The summed E-state index contributed by atoms with van der Waals surface area (Å²) in [6.45, 7) is 2.11. The fourth-order valence-electron chi connectivity index (χ4n) is 2.96. The molecule has 112 valence electrons. The van der Waals surface area contributed by atoms with E-state index in [1.54, 1.807) is 7.11 Å². The van der Waals surface area contributed by atoms with E-state index < -0.39 is 0 Å². The lowest BCUT2D eigenvalue weighted by Crippen LogP contribution is -2.31. The minimum absolute atomic E-state index is 0.172. The first-order valence-electron chi connectivity index (χ1n) is 7.83. The van der Waals surface area contributed by atoms with Crippen LogP contribution >= 0.6 is 0 Å². The minimum Gasteiger partial charge on any atom is -0.370 e. The van der Waals surface area contributed by atoms with Crippen molar-refractivity contribution in [3.05, 3.63) is 23.8 Å². The van der Waals surface area contributed by atoms with Crippen molar-refractivity contribution < 1.29 is 4.74 Å². The molecule has 1 fully saturated rings. The van der Waals surface area contributed by atoms with E-state index in [-0.39, 0.29) is 11.6 Å². The Balaban J connectivity index is 2.22. The first-order valence-corrected chi connectivity index (χ1v) is 7.83. The Hall–Kier alpha value is -1.00. The molecule has 1 unspecified atom stereocenters. The van der Waals surface area contributed by atoms with Crippen molar-refractivity contribution in [1.29, 1.82) is 0 Å². The standard InChI is InChI=1S/C16H27N3O/c1-3-13(17)12-14-8-11-18-15(19-14)16(20-2)9-6-4-5-7-10-16/h8,11,13H,3-7,9-10,12,17H2,1-2H3. The van der Waals surface area contributed by atoms with Crippen molar-refractivity contribution in [3.63, 3.8) is 0 Å². The van der Waals surface area contributed by atoms with Gasteiger partial charge in [-0.1, -0.05) is 32.6 Å². The molecule has 1 heterocycles. The van der Waals surface area contributed by atoms with Gasteiger partial charge in [0.1, 0.15) is 5.60 Å². The zero-order valence-corrected chi connectivity index (χ0v) is 12.8. The maximum absolute atomic E-state index is 6.03. The SMILES string of the molecule is CCC(N)Cc1ccnc(C2(OC)CCCCCC2)n1. The molecule has 0 amide bonds. The van der Waals surface area contributed by atoms with Crippen molar-refractivity contribution in [1.82, 2.24) is 9.97 Å². The molecular weight excluding hydrogens is 250 g/mol. The highest BCUT2D eigenvalue weighted by Gasteiger charge is 2.35. The van der Waals surface area contributed by atoms with E-state index in [1.807, 2.05) is 12.3 Å². The molecule has 0 aromatic carbocycles. The molecule has 2 rings (SSSR count). The molecule has 2 N–H and O–H groups in total. The lowest BCUT2D eigenvalue weighted by atomic mass is 9.93. The van der Waals surface area contributed by atoms with Crippen LogP contribution in [0, 0.1) is 0 Å². The maximum atomic E-state index is 6.03. The van der Waals surface area contributed by atoms with Gasteiger partial charge in [-0.25, -0.2) is 9.97 Å². The van der Waals surface area contributed by atoms with Gasteiger partial charge in [-0.3, -0.25) is 0 Å². The Kier molecular flexibility index (Phi) is 5.49. The van der Waals surface area contributed by atoms with E-state index >= 15 is 0 Å². The quantitative estimate of drug-likeness (QED) is 0.841. The first-order chi connectivity index (χ1) is 9.70. The van der Waals surface area contributed by atoms with Crippen molar-refractivity contribution >= 4 is 0 Å². The van der Waals surface area contributed by atoms with Gasteiger partial charge in [0, 0.05) is 31.5 Å². The highest BCUT2D eigenvalue weighted by molar-refractivity contribution is 5.10. The Morgan fingerprint density at radius 2 is 2.00 bits per heavy atom. The van der Waals surface area contributed by atoms with E-state index in [0.29, 0.717) is 0 Å². The van der Waals surface area contributed by atoms with Gasteiger partial charge in [0.2, 0.25) is 0 Å². The lowest BCUT2D eigenvalue weighted by molar-refractivity contribution is -0.0353. The summed E-state index contributed by atoms with van der Waals surface area (Å²) in [5, 5.41) is 0. The summed E-state index contributed by atoms with van der Waals surface area (Å²) >= 11 is 0. The molecule has 1 aromatic rings. The van der Waals surface area contributed by atoms with Crippen molar-refractivity contribution in [2.75, 3.05) is 7.11 Å². The molecule has 0 bridgehead atoms. The summed E-state index contributed by atoms with van der Waals surface area (Å²) in [5.74, 6) is 0.850. The van der Waals surface area contributed by atoms with Gasteiger partial charge >= 0.3 is 0 Å². The highest BCUT2D eigenvalue weighted by Crippen LogP contribution is 2.37. The molecule has 1 aromatic heterocycles. The Bertz CT molecular complexity index is 414. The molecule has 1 saturated carbocycles. The minimum atomic E-state index is -0.289. The number of ether oxygens (including phenoxy) is 1. The highest BCUT2D eigenvalue weighted by atomic mass is 16.5. The summed E-state index contributed by atoms with van der Waals surface area (Å²) in [7, 11) is 1.79. The number of methoxy groups -OCH3 is 1. The van der Waals surface area contributed by atoms with Crippen LogP contribution in [0.25, 0.3) is 0 Å². The average Bonchev–Trinajstić information content (AvgIpc) is 2.74. The van der Waals surface area contributed by atoms with Crippen LogP contribution in [0.2, 0.25) is 0 Å². The third-order valence-electron chi connectivity index (χ3n) is 4.42. The molecule has 1 atom stereocenters. The van der Waals surface area contributed by atoms with Crippen LogP contribution in [-0.4, -0.2) is 23.1 Å². The van der Waals surface area contributed by atoms with Crippen LogP contribution in [0.4, 0.5) is 0 Å². The van der Waals surface area contributed by atoms with E-state index in [0.717, 1.165) is 37.2 Å². The zero-order valence-electron chi connectivity index (χ0n) is 12.8. The Labute approximate surface area is 122 Å². The van der Waals surface area contributed by atoms with Crippen LogP contribution in [0.1, 0.15) is 63.4 Å². The Morgan fingerprint density at radius 1 is 1.30 bits per heavy atom. The van der Waals surface area contributed by atoms with Gasteiger partial charge < -0.3 is 10.5 Å². The number of nitrogens with zero attached hydrogens (tertiary/aromatic N) is 2. The predicted octanol–water partition coefficient (Wildman–Crippen LogP) is 2.95. The largest absolute Gasteiger partial charge is 0.370 e. The van der Waals surface area contributed by atoms with Gasteiger partial charge in [-0.15, -0.1) is 0 Å². The summed E-state index contributed by atoms with van der Waals surface area (Å²) in [6, 6.07) is 2.14. The van der Waals surface area contributed by atoms with Gasteiger partial charge in [-0.05, 0) is 25.3 Å². The third-order valence-corrected chi connectivity index (χ3v) is 4.42. The van der Waals surface area contributed by atoms with Crippen molar-refractivity contribution in [2.45, 2.75) is 69.9 Å². The molecule has 4 nitrogen and oxygen atoms in total. The van der Waals surface area contributed by atoms with Crippen LogP contribution in [-0.2, 0) is 16.8 Å². The molecule has 4 heteroatoms. The second kappa shape index (κ2) is 7.14. The first kappa shape index (κ1) is 15.4. The van der Waals surface area contributed by atoms with Crippen LogP contribution < -0.4 is 5.73 Å². The maximum Gasteiger partial charge on any atom is 0.160 e.